The van der Waals surface area contributed by atoms with Crippen LogP contribution < -0.4 is 0 Å². The van der Waals surface area contributed by atoms with Crippen molar-refractivity contribution < 1.29 is 9.59 Å². The molecule has 6 rings (SSSR count). The number of benzene rings is 3. The number of piperazine rings is 1. The van der Waals surface area contributed by atoms with Gasteiger partial charge in [0.15, 0.2) is 5.65 Å². The van der Waals surface area contributed by atoms with Crippen LogP contribution in [-0.2, 0) is 11.3 Å². The molecule has 5 aromatic rings. The molecule has 0 radical (unpaired) electrons. The molecule has 1 unspecified atom stereocenters. The van der Waals surface area contributed by atoms with E-state index in [4.69, 9.17) is 4.98 Å². The van der Waals surface area contributed by atoms with Crippen LogP contribution in [-0.4, -0.2) is 72.8 Å². The Labute approximate surface area is 249 Å². The molecule has 214 valence electrons. The van der Waals surface area contributed by atoms with Crippen LogP contribution in [0.3, 0.4) is 0 Å². The van der Waals surface area contributed by atoms with Gasteiger partial charge < -0.3 is 14.4 Å². The van der Waals surface area contributed by atoms with E-state index >= 15 is 0 Å². The maximum absolute atomic E-state index is 12.9. The normalized spacial score (nSPS) is 15.4. The third kappa shape index (κ3) is 6.01. The molecular weight excluding hydrogens is 544 g/mol. The molecule has 0 spiro atoms. The maximum atomic E-state index is 12.9. The summed E-state index contributed by atoms with van der Waals surface area (Å²) in [6.07, 6.45) is 2.18. The van der Waals surface area contributed by atoms with Crippen molar-refractivity contribution in [2.45, 2.75) is 43.9 Å². The molecule has 3 heterocycles. The van der Waals surface area contributed by atoms with Crippen molar-refractivity contribution in [3.8, 4) is 0 Å². The second kappa shape index (κ2) is 12.7. The standard InChI is InChI=1S/C33H34N6O2S/c1-24-22-37(19-20-38(24)32(41)26-14-6-3-7-15-26)29(40)18-10-11-21-42-33-34-31-30(35-36-33)27-16-8-9-17-28(27)39(31)23-25-12-4-2-5-13-25/h2-9,12-17,24H,10-11,18-23H2,1H3. The lowest BCUT2D eigenvalue weighted by molar-refractivity contribution is -0.133. The Morgan fingerprint density at radius 1 is 0.881 bits per heavy atom. The monoisotopic (exact) mass is 578 g/mol. The zero-order valence-corrected chi connectivity index (χ0v) is 24.5. The summed E-state index contributed by atoms with van der Waals surface area (Å²) >= 11 is 1.58. The van der Waals surface area contributed by atoms with Gasteiger partial charge in [0.1, 0.15) is 5.52 Å². The van der Waals surface area contributed by atoms with Gasteiger partial charge in [-0.25, -0.2) is 4.98 Å². The molecule has 1 atom stereocenters. The van der Waals surface area contributed by atoms with Crippen molar-refractivity contribution >= 4 is 45.6 Å². The fraction of sp³-hybridized carbons (Fsp3) is 0.303. The molecule has 0 aliphatic carbocycles. The first-order valence-corrected chi connectivity index (χ1v) is 15.5. The summed E-state index contributed by atoms with van der Waals surface area (Å²) in [5, 5.41) is 10.7. The topological polar surface area (TPSA) is 84.2 Å². The molecule has 0 bridgehead atoms. The molecule has 2 amide bonds. The van der Waals surface area contributed by atoms with Crippen LogP contribution in [0.15, 0.2) is 90.1 Å². The third-order valence-electron chi connectivity index (χ3n) is 7.82. The number of aromatic nitrogens is 4. The Balaban J connectivity index is 1.02. The van der Waals surface area contributed by atoms with Crippen molar-refractivity contribution in [2.24, 2.45) is 0 Å². The summed E-state index contributed by atoms with van der Waals surface area (Å²) in [6, 6.07) is 27.9. The number of para-hydroxylation sites is 1. The van der Waals surface area contributed by atoms with Gasteiger partial charge in [-0.2, -0.15) is 0 Å². The van der Waals surface area contributed by atoms with Gasteiger partial charge in [0.2, 0.25) is 11.1 Å². The molecular formula is C33H34N6O2S. The smallest absolute Gasteiger partial charge is 0.254 e. The van der Waals surface area contributed by atoms with Crippen LogP contribution in [0, 0.1) is 0 Å². The quantitative estimate of drug-likeness (QED) is 0.166. The number of fused-ring (bicyclic) bond motifs is 3. The van der Waals surface area contributed by atoms with E-state index in [9.17, 15) is 9.59 Å². The van der Waals surface area contributed by atoms with Gasteiger partial charge >= 0.3 is 0 Å². The molecule has 42 heavy (non-hydrogen) atoms. The number of rotatable bonds is 9. The zero-order chi connectivity index (χ0) is 28.9. The Morgan fingerprint density at radius 3 is 2.40 bits per heavy atom. The first-order chi connectivity index (χ1) is 20.6. The van der Waals surface area contributed by atoms with Crippen molar-refractivity contribution in [3.05, 3.63) is 96.1 Å². The van der Waals surface area contributed by atoms with Crippen LogP contribution >= 0.6 is 11.8 Å². The first-order valence-electron chi connectivity index (χ1n) is 14.5. The highest BCUT2D eigenvalue weighted by molar-refractivity contribution is 7.99. The number of nitrogens with zero attached hydrogens (tertiary/aromatic N) is 6. The average Bonchev–Trinajstić information content (AvgIpc) is 3.34. The van der Waals surface area contributed by atoms with Gasteiger partial charge in [-0.15, -0.1) is 10.2 Å². The summed E-state index contributed by atoms with van der Waals surface area (Å²) in [5.74, 6) is 1.00. The van der Waals surface area contributed by atoms with Crippen molar-refractivity contribution in [1.29, 1.82) is 0 Å². The highest BCUT2D eigenvalue weighted by atomic mass is 32.2. The minimum Gasteiger partial charge on any atom is -0.339 e. The van der Waals surface area contributed by atoms with Gasteiger partial charge in [0.25, 0.3) is 5.91 Å². The summed E-state index contributed by atoms with van der Waals surface area (Å²) < 4.78 is 2.21. The maximum Gasteiger partial charge on any atom is 0.254 e. The van der Waals surface area contributed by atoms with Gasteiger partial charge in [0.05, 0.1) is 5.52 Å². The molecule has 2 aromatic heterocycles. The van der Waals surface area contributed by atoms with E-state index in [1.54, 1.807) is 11.8 Å². The fourth-order valence-electron chi connectivity index (χ4n) is 5.61. The Hall–Kier alpha value is -4.24. The first kappa shape index (κ1) is 27.9. The molecule has 1 fully saturated rings. The average molecular weight is 579 g/mol. The molecule has 3 aromatic carbocycles. The van der Waals surface area contributed by atoms with E-state index < -0.39 is 0 Å². The Bertz CT molecular complexity index is 1690. The second-order valence-electron chi connectivity index (χ2n) is 10.7. The van der Waals surface area contributed by atoms with E-state index in [1.165, 1.54) is 5.56 Å². The molecule has 8 nitrogen and oxygen atoms in total. The molecule has 1 saturated heterocycles. The Morgan fingerprint density at radius 2 is 1.62 bits per heavy atom. The number of hydrogen-bond acceptors (Lipinski definition) is 6. The fourth-order valence-corrected chi connectivity index (χ4v) is 6.39. The predicted octanol–water partition coefficient (Wildman–Crippen LogP) is 5.66. The van der Waals surface area contributed by atoms with Gasteiger partial charge in [0, 0.05) is 55.3 Å². The zero-order valence-electron chi connectivity index (χ0n) is 23.7. The molecule has 1 aliphatic rings. The molecule has 9 heteroatoms. The SMILES string of the molecule is CC1CN(C(=O)CCCCSc2nnc3c4ccccc4n(Cc4ccccc4)c3n2)CCN1C(=O)c1ccccc1. The number of thioether (sulfide) groups is 1. The van der Waals surface area contributed by atoms with E-state index in [-0.39, 0.29) is 17.9 Å². The molecule has 0 saturated carbocycles. The number of hydrogen-bond donors (Lipinski definition) is 0. The van der Waals surface area contributed by atoms with E-state index in [2.05, 4.69) is 51.2 Å². The number of carbonyl (C=O) groups excluding carboxylic acids is 2. The van der Waals surface area contributed by atoms with Crippen molar-refractivity contribution in [2.75, 3.05) is 25.4 Å². The summed E-state index contributed by atoms with van der Waals surface area (Å²) in [6.45, 7) is 4.43. The largest absolute Gasteiger partial charge is 0.339 e. The minimum atomic E-state index is -0.0111. The summed E-state index contributed by atoms with van der Waals surface area (Å²) in [7, 11) is 0. The lowest BCUT2D eigenvalue weighted by Gasteiger charge is -2.40. The molecule has 0 N–H and O–H groups in total. The van der Waals surface area contributed by atoms with Crippen molar-refractivity contribution in [3.63, 3.8) is 0 Å². The third-order valence-corrected chi connectivity index (χ3v) is 8.74. The Kier molecular flexibility index (Phi) is 8.46. The van der Waals surface area contributed by atoms with E-state index in [1.807, 2.05) is 65.3 Å². The predicted molar refractivity (Wildman–Crippen MR) is 166 cm³/mol. The van der Waals surface area contributed by atoms with Crippen LogP contribution in [0.5, 0.6) is 0 Å². The van der Waals surface area contributed by atoms with Gasteiger partial charge in [-0.05, 0) is 43.5 Å². The number of unbranched alkanes of at least 4 members (excludes halogenated alkanes) is 1. The molecule has 1 aliphatic heterocycles. The van der Waals surface area contributed by atoms with Crippen LogP contribution in [0.25, 0.3) is 22.1 Å². The minimum absolute atomic E-state index is 0.0111. The highest BCUT2D eigenvalue weighted by Crippen LogP contribution is 2.28. The lowest BCUT2D eigenvalue weighted by atomic mass is 10.1. The van der Waals surface area contributed by atoms with E-state index in [0.29, 0.717) is 43.3 Å². The second-order valence-corrected chi connectivity index (χ2v) is 11.8. The summed E-state index contributed by atoms with van der Waals surface area (Å²) in [4.78, 5) is 34.5. The highest BCUT2D eigenvalue weighted by Gasteiger charge is 2.30. The van der Waals surface area contributed by atoms with Crippen LogP contribution in [0.4, 0.5) is 0 Å². The van der Waals surface area contributed by atoms with Crippen LogP contribution in [0.2, 0.25) is 0 Å². The number of carbonyl (C=O) groups is 2. The van der Waals surface area contributed by atoms with Crippen LogP contribution in [0.1, 0.15) is 42.1 Å². The van der Waals surface area contributed by atoms with Gasteiger partial charge in [-0.1, -0.05) is 78.5 Å². The lowest BCUT2D eigenvalue weighted by Crippen LogP contribution is -2.55. The van der Waals surface area contributed by atoms with E-state index in [0.717, 1.165) is 40.7 Å². The summed E-state index contributed by atoms with van der Waals surface area (Å²) in [5.41, 5.74) is 4.65. The van der Waals surface area contributed by atoms with Crippen molar-refractivity contribution in [1.82, 2.24) is 29.5 Å². The number of amides is 2. The van der Waals surface area contributed by atoms with Gasteiger partial charge in [-0.3, -0.25) is 9.59 Å².